The molecule has 0 aliphatic rings. The Hall–Kier alpha value is -3.74. The topological polar surface area (TPSA) is 113 Å². The molecule has 0 aromatic heterocycles. The summed E-state index contributed by atoms with van der Waals surface area (Å²) >= 11 is 0. The Labute approximate surface area is 149 Å². The largest absolute Gasteiger partial charge is 0.504 e. The van der Waals surface area contributed by atoms with E-state index in [1.807, 2.05) is 0 Å². The van der Waals surface area contributed by atoms with Crippen molar-refractivity contribution in [3.05, 3.63) is 59.7 Å². The number of benzene rings is 2. The summed E-state index contributed by atoms with van der Waals surface area (Å²) in [7, 11) is 1.39. The Bertz CT molecular complexity index is 881. The highest BCUT2D eigenvalue weighted by molar-refractivity contribution is 5.90. The number of carboxylic acids is 1. The van der Waals surface area contributed by atoms with Gasteiger partial charge in [0.2, 0.25) is 0 Å². The van der Waals surface area contributed by atoms with Crippen molar-refractivity contribution in [3.8, 4) is 23.0 Å². The standard InChI is InChI=1S/C19H16O7/c1-25-16-11-12(6-9-17(21)22)5-8-15(16)26-18(23)10-7-13-3-2-4-14(20)19(13)24/h2-11,20,24H,1H3,(H,21,22). The summed E-state index contributed by atoms with van der Waals surface area (Å²) in [6.07, 6.45) is 4.74. The van der Waals surface area contributed by atoms with Crippen molar-refractivity contribution in [1.82, 2.24) is 0 Å². The number of para-hydroxylation sites is 1. The Morgan fingerprint density at radius 1 is 1.00 bits per heavy atom. The molecule has 0 unspecified atom stereocenters. The van der Waals surface area contributed by atoms with Crippen LogP contribution < -0.4 is 9.47 Å². The van der Waals surface area contributed by atoms with Gasteiger partial charge in [0.05, 0.1) is 7.11 Å². The minimum Gasteiger partial charge on any atom is -0.504 e. The van der Waals surface area contributed by atoms with Gasteiger partial charge in [-0.1, -0.05) is 18.2 Å². The van der Waals surface area contributed by atoms with Crippen LogP contribution >= 0.6 is 0 Å². The smallest absolute Gasteiger partial charge is 0.336 e. The molecule has 7 heteroatoms. The highest BCUT2D eigenvalue weighted by Gasteiger charge is 2.09. The fourth-order valence-corrected chi connectivity index (χ4v) is 2.02. The number of aliphatic carboxylic acids is 1. The lowest BCUT2D eigenvalue weighted by atomic mass is 10.1. The summed E-state index contributed by atoms with van der Waals surface area (Å²) in [5.74, 6) is -2.05. The number of carbonyl (C=O) groups is 2. The third-order valence-corrected chi connectivity index (χ3v) is 3.26. The van der Waals surface area contributed by atoms with Crippen LogP contribution in [0.4, 0.5) is 0 Å². The molecule has 2 aromatic carbocycles. The maximum atomic E-state index is 11.9. The number of hydrogen-bond acceptors (Lipinski definition) is 6. The van der Waals surface area contributed by atoms with Crippen molar-refractivity contribution in [3.63, 3.8) is 0 Å². The number of carboxylic acid groups (broad SMARTS) is 1. The molecule has 0 bridgehead atoms. The summed E-state index contributed by atoms with van der Waals surface area (Å²) < 4.78 is 10.3. The molecular weight excluding hydrogens is 340 g/mol. The lowest BCUT2D eigenvalue weighted by Gasteiger charge is -2.08. The molecule has 0 fully saturated rings. The molecule has 2 rings (SSSR count). The van der Waals surface area contributed by atoms with Gasteiger partial charge in [-0.25, -0.2) is 9.59 Å². The van der Waals surface area contributed by atoms with Crippen LogP contribution in [-0.4, -0.2) is 34.4 Å². The van der Waals surface area contributed by atoms with Crippen molar-refractivity contribution in [2.45, 2.75) is 0 Å². The van der Waals surface area contributed by atoms with Crippen LogP contribution in [0.3, 0.4) is 0 Å². The molecule has 0 atom stereocenters. The Morgan fingerprint density at radius 3 is 2.46 bits per heavy atom. The minimum absolute atomic E-state index is 0.148. The van der Waals surface area contributed by atoms with E-state index in [4.69, 9.17) is 14.6 Å². The molecule has 0 heterocycles. The summed E-state index contributed by atoms with van der Waals surface area (Å²) in [4.78, 5) is 22.5. The molecule has 0 saturated carbocycles. The van der Waals surface area contributed by atoms with Crippen LogP contribution in [0.15, 0.2) is 48.6 Å². The van der Waals surface area contributed by atoms with E-state index >= 15 is 0 Å². The summed E-state index contributed by atoms with van der Waals surface area (Å²) in [6, 6.07) is 8.91. The number of carbonyl (C=O) groups excluding carboxylic acids is 1. The third kappa shape index (κ3) is 4.88. The molecule has 2 aromatic rings. The summed E-state index contributed by atoms with van der Waals surface area (Å²) in [5, 5.41) is 27.7. The van der Waals surface area contributed by atoms with E-state index in [0.717, 1.165) is 12.2 Å². The number of hydrogen-bond donors (Lipinski definition) is 3. The van der Waals surface area contributed by atoms with Gasteiger partial charge in [0.1, 0.15) is 0 Å². The van der Waals surface area contributed by atoms with E-state index < -0.39 is 11.9 Å². The van der Waals surface area contributed by atoms with Crippen molar-refractivity contribution in [2.75, 3.05) is 7.11 Å². The SMILES string of the molecule is COc1cc(C=CC(=O)O)ccc1OC(=O)C=Cc1cccc(O)c1O. The first-order valence-corrected chi connectivity index (χ1v) is 7.40. The second-order valence-corrected chi connectivity index (χ2v) is 5.05. The minimum atomic E-state index is -1.08. The van der Waals surface area contributed by atoms with Gasteiger partial charge in [0, 0.05) is 17.7 Å². The normalized spacial score (nSPS) is 11.0. The van der Waals surface area contributed by atoms with Crippen LogP contribution in [0.25, 0.3) is 12.2 Å². The molecule has 0 amide bonds. The van der Waals surface area contributed by atoms with Gasteiger partial charge < -0.3 is 24.8 Å². The fraction of sp³-hybridized carbons (Fsp3) is 0.0526. The van der Waals surface area contributed by atoms with Gasteiger partial charge in [-0.05, 0) is 35.9 Å². The van der Waals surface area contributed by atoms with Crippen LogP contribution in [0.5, 0.6) is 23.0 Å². The second-order valence-electron chi connectivity index (χ2n) is 5.05. The zero-order valence-electron chi connectivity index (χ0n) is 13.7. The Morgan fingerprint density at radius 2 is 1.77 bits per heavy atom. The van der Waals surface area contributed by atoms with E-state index in [1.165, 1.54) is 49.6 Å². The monoisotopic (exact) mass is 356 g/mol. The van der Waals surface area contributed by atoms with Crippen molar-refractivity contribution < 1.29 is 34.4 Å². The van der Waals surface area contributed by atoms with Crippen LogP contribution in [0, 0.1) is 0 Å². The van der Waals surface area contributed by atoms with Gasteiger partial charge >= 0.3 is 11.9 Å². The number of phenolic OH excluding ortho intramolecular Hbond substituents is 2. The molecule has 0 saturated heterocycles. The van der Waals surface area contributed by atoms with E-state index in [1.54, 1.807) is 6.07 Å². The van der Waals surface area contributed by atoms with Gasteiger partial charge in [-0.3, -0.25) is 0 Å². The lowest BCUT2D eigenvalue weighted by molar-refractivity contribution is -0.131. The zero-order chi connectivity index (χ0) is 19.1. The maximum Gasteiger partial charge on any atom is 0.336 e. The first kappa shape index (κ1) is 18.6. The number of rotatable bonds is 6. The van der Waals surface area contributed by atoms with Crippen LogP contribution in [0.2, 0.25) is 0 Å². The van der Waals surface area contributed by atoms with E-state index in [2.05, 4.69) is 0 Å². The first-order chi connectivity index (χ1) is 12.4. The van der Waals surface area contributed by atoms with E-state index in [9.17, 15) is 19.8 Å². The van der Waals surface area contributed by atoms with Crippen molar-refractivity contribution in [1.29, 1.82) is 0 Å². The number of aromatic hydroxyl groups is 2. The highest BCUT2D eigenvalue weighted by Crippen LogP contribution is 2.30. The fourth-order valence-electron chi connectivity index (χ4n) is 2.02. The van der Waals surface area contributed by atoms with Crippen molar-refractivity contribution >= 4 is 24.1 Å². The van der Waals surface area contributed by atoms with E-state index in [-0.39, 0.29) is 28.6 Å². The molecule has 7 nitrogen and oxygen atoms in total. The Balaban J connectivity index is 2.14. The van der Waals surface area contributed by atoms with Gasteiger partial charge in [-0.15, -0.1) is 0 Å². The van der Waals surface area contributed by atoms with Crippen LogP contribution in [-0.2, 0) is 9.59 Å². The molecular formula is C19H16O7. The highest BCUT2D eigenvalue weighted by atomic mass is 16.6. The van der Waals surface area contributed by atoms with Gasteiger partial charge in [0.25, 0.3) is 0 Å². The molecule has 134 valence electrons. The number of methoxy groups -OCH3 is 1. The van der Waals surface area contributed by atoms with Gasteiger partial charge in [0.15, 0.2) is 23.0 Å². The van der Waals surface area contributed by atoms with E-state index in [0.29, 0.717) is 5.56 Å². The zero-order valence-corrected chi connectivity index (χ0v) is 13.7. The lowest BCUT2D eigenvalue weighted by Crippen LogP contribution is -2.05. The predicted molar refractivity (Wildman–Crippen MR) is 94.1 cm³/mol. The average molecular weight is 356 g/mol. The quantitative estimate of drug-likeness (QED) is 0.316. The summed E-state index contributed by atoms with van der Waals surface area (Å²) in [6.45, 7) is 0. The van der Waals surface area contributed by atoms with Gasteiger partial charge in [-0.2, -0.15) is 0 Å². The maximum absolute atomic E-state index is 11.9. The first-order valence-electron chi connectivity index (χ1n) is 7.40. The molecule has 0 aliphatic carbocycles. The van der Waals surface area contributed by atoms with Crippen LogP contribution in [0.1, 0.15) is 11.1 Å². The average Bonchev–Trinajstić information content (AvgIpc) is 2.62. The molecule has 26 heavy (non-hydrogen) atoms. The molecule has 3 N–H and O–H groups in total. The van der Waals surface area contributed by atoms with Crippen molar-refractivity contribution in [2.24, 2.45) is 0 Å². The predicted octanol–water partition coefficient (Wildman–Crippen LogP) is 2.82. The molecule has 0 spiro atoms. The Kier molecular flexibility index (Phi) is 6.00. The number of ether oxygens (including phenoxy) is 2. The second kappa shape index (κ2) is 8.39. The number of esters is 1. The molecule has 0 aliphatic heterocycles. The number of phenols is 2. The third-order valence-electron chi connectivity index (χ3n) is 3.26. The summed E-state index contributed by atoms with van der Waals surface area (Å²) in [5.41, 5.74) is 0.812. The molecule has 0 radical (unpaired) electrons.